The van der Waals surface area contributed by atoms with E-state index in [-0.39, 0.29) is 0 Å². The van der Waals surface area contributed by atoms with E-state index < -0.39 is 0 Å². The molecule has 16 heavy (non-hydrogen) atoms. The van der Waals surface area contributed by atoms with Crippen LogP contribution in [0.25, 0.3) is 0 Å². The topological polar surface area (TPSA) is 12.0 Å². The fourth-order valence-corrected chi connectivity index (χ4v) is 4.03. The number of hydrogen-bond acceptors (Lipinski definition) is 2. The third kappa shape index (κ3) is 4.13. The van der Waals surface area contributed by atoms with E-state index in [9.17, 15) is 0 Å². The van der Waals surface area contributed by atoms with Gasteiger partial charge in [-0.15, -0.1) is 11.3 Å². The molecule has 1 unspecified atom stereocenters. The molecule has 0 aliphatic carbocycles. The van der Waals surface area contributed by atoms with Crippen molar-refractivity contribution >= 4 is 43.2 Å². The molecule has 92 valence electrons. The van der Waals surface area contributed by atoms with Crippen LogP contribution in [0.2, 0.25) is 0 Å². The van der Waals surface area contributed by atoms with Crippen LogP contribution in [0.4, 0.5) is 0 Å². The summed E-state index contributed by atoms with van der Waals surface area (Å²) in [6.45, 7) is 7.79. The zero-order chi connectivity index (χ0) is 12.1. The first-order valence-corrected chi connectivity index (χ1v) is 8.15. The standard InChI is InChI=1S/C12H19Br2NS/c1-4-9(5-2)8(3)15-7-10-6-11(13)12(14)16-10/h6,8-9,15H,4-5,7H2,1-3H3. The molecule has 0 fully saturated rings. The maximum Gasteiger partial charge on any atom is 0.0843 e. The van der Waals surface area contributed by atoms with Crippen LogP contribution in [0.5, 0.6) is 0 Å². The van der Waals surface area contributed by atoms with Crippen LogP contribution in [0.3, 0.4) is 0 Å². The molecule has 1 aromatic rings. The van der Waals surface area contributed by atoms with Crippen molar-refractivity contribution in [1.82, 2.24) is 5.32 Å². The minimum absolute atomic E-state index is 0.592. The highest BCUT2D eigenvalue weighted by atomic mass is 79.9. The Bertz CT molecular complexity index is 301. The van der Waals surface area contributed by atoms with E-state index in [4.69, 9.17) is 0 Å². The lowest BCUT2D eigenvalue weighted by molar-refractivity contribution is 0.354. The Balaban J connectivity index is 2.45. The summed E-state index contributed by atoms with van der Waals surface area (Å²) in [7, 11) is 0. The molecular weight excluding hydrogens is 350 g/mol. The van der Waals surface area contributed by atoms with E-state index in [0.717, 1.165) is 16.9 Å². The smallest absolute Gasteiger partial charge is 0.0843 e. The first-order chi connectivity index (χ1) is 7.58. The summed E-state index contributed by atoms with van der Waals surface area (Å²) in [6, 6.07) is 2.77. The van der Waals surface area contributed by atoms with Crippen LogP contribution < -0.4 is 5.32 Å². The summed E-state index contributed by atoms with van der Waals surface area (Å²) >= 11 is 8.83. The van der Waals surface area contributed by atoms with Gasteiger partial charge in [-0.25, -0.2) is 0 Å². The molecule has 1 nitrogen and oxygen atoms in total. The maximum atomic E-state index is 3.61. The van der Waals surface area contributed by atoms with Gasteiger partial charge >= 0.3 is 0 Å². The summed E-state index contributed by atoms with van der Waals surface area (Å²) in [4.78, 5) is 1.37. The zero-order valence-corrected chi connectivity index (χ0v) is 14.0. The molecule has 1 heterocycles. The monoisotopic (exact) mass is 367 g/mol. The fraction of sp³-hybridized carbons (Fsp3) is 0.667. The van der Waals surface area contributed by atoms with E-state index >= 15 is 0 Å². The second-order valence-electron chi connectivity index (χ2n) is 4.08. The van der Waals surface area contributed by atoms with Crippen LogP contribution in [0.1, 0.15) is 38.5 Å². The molecule has 1 rings (SSSR count). The molecule has 0 amide bonds. The van der Waals surface area contributed by atoms with E-state index in [2.05, 4.69) is 64.0 Å². The number of thiophene rings is 1. The van der Waals surface area contributed by atoms with Crippen molar-refractivity contribution in [3.05, 3.63) is 19.2 Å². The Hall–Kier alpha value is 0.620. The van der Waals surface area contributed by atoms with Gasteiger partial charge in [0.05, 0.1) is 3.79 Å². The predicted octanol–water partition coefficient (Wildman–Crippen LogP) is 5.19. The molecule has 0 spiro atoms. The van der Waals surface area contributed by atoms with Gasteiger partial charge in [-0.3, -0.25) is 0 Å². The van der Waals surface area contributed by atoms with E-state index in [1.165, 1.54) is 21.5 Å². The number of hydrogen-bond donors (Lipinski definition) is 1. The first kappa shape index (κ1) is 14.7. The molecule has 1 atom stereocenters. The minimum atomic E-state index is 0.592. The molecule has 1 aromatic heterocycles. The summed E-state index contributed by atoms with van der Waals surface area (Å²) in [5, 5.41) is 3.61. The highest BCUT2D eigenvalue weighted by molar-refractivity contribution is 9.13. The largest absolute Gasteiger partial charge is 0.309 e. The lowest BCUT2D eigenvalue weighted by Gasteiger charge is -2.22. The fourth-order valence-electron chi connectivity index (χ4n) is 1.90. The molecule has 0 radical (unpaired) electrons. The normalized spacial score (nSPS) is 13.4. The molecule has 4 heteroatoms. The second-order valence-corrected chi connectivity index (χ2v) is 7.39. The summed E-state index contributed by atoms with van der Waals surface area (Å²) in [6.07, 6.45) is 2.50. The third-order valence-corrected chi connectivity index (χ3v) is 6.31. The molecule has 0 aliphatic heterocycles. The number of nitrogens with one attached hydrogen (secondary N) is 1. The van der Waals surface area contributed by atoms with Crippen LogP contribution in [-0.2, 0) is 6.54 Å². The Morgan fingerprint density at radius 1 is 1.31 bits per heavy atom. The van der Waals surface area contributed by atoms with Crippen molar-refractivity contribution in [1.29, 1.82) is 0 Å². The van der Waals surface area contributed by atoms with Gasteiger partial charge in [0.25, 0.3) is 0 Å². The lowest BCUT2D eigenvalue weighted by atomic mass is 9.95. The predicted molar refractivity (Wildman–Crippen MR) is 80.1 cm³/mol. The SMILES string of the molecule is CCC(CC)C(C)NCc1cc(Br)c(Br)s1. The highest BCUT2D eigenvalue weighted by Gasteiger charge is 2.13. The highest BCUT2D eigenvalue weighted by Crippen LogP contribution is 2.32. The number of halogens is 2. The summed E-state index contributed by atoms with van der Waals surface area (Å²) in [5.74, 6) is 0.784. The maximum absolute atomic E-state index is 3.61. The molecular formula is C12H19Br2NS. The third-order valence-electron chi connectivity index (χ3n) is 3.05. The van der Waals surface area contributed by atoms with Crippen LogP contribution in [0, 0.1) is 5.92 Å². The quantitative estimate of drug-likeness (QED) is 0.728. The Labute approximate surface area is 119 Å². The van der Waals surface area contributed by atoms with Crippen molar-refractivity contribution in [2.24, 2.45) is 5.92 Å². The van der Waals surface area contributed by atoms with Crippen molar-refractivity contribution in [3.63, 3.8) is 0 Å². The Kier molecular flexibility index (Phi) is 6.55. The van der Waals surface area contributed by atoms with Gasteiger partial charge in [-0.1, -0.05) is 26.7 Å². The molecule has 0 saturated carbocycles. The van der Waals surface area contributed by atoms with Crippen LogP contribution in [0.15, 0.2) is 14.3 Å². The Morgan fingerprint density at radius 3 is 2.38 bits per heavy atom. The molecule has 0 saturated heterocycles. The average Bonchev–Trinajstić information content (AvgIpc) is 2.57. The van der Waals surface area contributed by atoms with E-state index in [1.807, 2.05) is 0 Å². The molecule has 0 bridgehead atoms. The minimum Gasteiger partial charge on any atom is -0.309 e. The number of rotatable bonds is 6. The van der Waals surface area contributed by atoms with Gasteiger partial charge in [0.1, 0.15) is 0 Å². The van der Waals surface area contributed by atoms with Crippen molar-refractivity contribution in [3.8, 4) is 0 Å². The van der Waals surface area contributed by atoms with Gasteiger partial charge in [0, 0.05) is 21.9 Å². The van der Waals surface area contributed by atoms with Crippen LogP contribution >= 0.6 is 43.2 Å². The van der Waals surface area contributed by atoms with E-state index in [0.29, 0.717) is 6.04 Å². The van der Waals surface area contributed by atoms with Gasteiger partial charge in [0.2, 0.25) is 0 Å². The zero-order valence-electron chi connectivity index (χ0n) is 10.0. The second kappa shape index (κ2) is 7.14. The molecule has 0 aromatic carbocycles. The van der Waals surface area contributed by atoms with Crippen LogP contribution in [-0.4, -0.2) is 6.04 Å². The van der Waals surface area contributed by atoms with Crippen molar-refractivity contribution < 1.29 is 0 Å². The Morgan fingerprint density at radius 2 is 1.94 bits per heavy atom. The summed E-state index contributed by atoms with van der Waals surface area (Å²) < 4.78 is 2.34. The summed E-state index contributed by atoms with van der Waals surface area (Å²) in [5.41, 5.74) is 0. The van der Waals surface area contributed by atoms with Gasteiger partial charge in [0.15, 0.2) is 0 Å². The molecule has 0 aliphatic rings. The molecule has 1 N–H and O–H groups in total. The van der Waals surface area contributed by atoms with Gasteiger partial charge in [-0.2, -0.15) is 0 Å². The van der Waals surface area contributed by atoms with Crippen molar-refractivity contribution in [2.75, 3.05) is 0 Å². The van der Waals surface area contributed by atoms with E-state index in [1.54, 1.807) is 11.3 Å². The van der Waals surface area contributed by atoms with Crippen molar-refractivity contribution in [2.45, 2.75) is 46.2 Å². The van der Waals surface area contributed by atoms with Gasteiger partial charge in [-0.05, 0) is 50.8 Å². The van der Waals surface area contributed by atoms with Gasteiger partial charge < -0.3 is 5.32 Å². The lowest BCUT2D eigenvalue weighted by Crippen LogP contribution is -2.32. The average molecular weight is 369 g/mol. The first-order valence-electron chi connectivity index (χ1n) is 5.75.